The summed E-state index contributed by atoms with van der Waals surface area (Å²) >= 11 is 5.93. The van der Waals surface area contributed by atoms with Gasteiger partial charge in [0.2, 0.25) is 0 Å². The Balaban J connectivity index is 1.54. The predicted octanol–water partition coefficient (Wildman–Crippen LogP) is 5.81. The van der Waals surface area contributed by atoms with Crippen molar-refractivity contribution in [2.45, 2.75) is 32.4 Å². The molecule has 1 unspecified atom stereocenters. The molecule has 0 aliphatic rings. The van der Waals surface area contributed by atoms with Crippen molar-refractivity contribution in [3.63, 3.8) is 0 Å². The van der Waals surface area contributed by atoms with Crippen LogP contribution in [0.4, 0.5) is 0 Å². The van der Waals surface area contributed by atoms with Gasteiger partial charge in [0, 0.05) is 17.1 Å². The molecule has 0 spiro atoms. The molecule has 0 saturated carbocycles. The second-order valence-corrected chi connectivity index (χ2v) is 7.84. The van der Waals surface area contributed by atoms with Crippen LogP contribution in [0.15, 0.2) is 78.9 Å². The number of aryl methyl sites for hydroxylation is 2. The van der Waals surface area contributed by atoms with Crippen LogP contribution < -0.4 is 5.32 Å². The Morgan fingerprint density at radius 2 is 1.70 bits per heavy atom. The van der Waals surface area contributed by atoms with Gasteiger partial charge in [-0.05, 0) is 61.7 Å². The van der Waals surface area contributed by atoms with Gasteiger partial charge in [-0.1, -0.05) is 54.1 Å². The number of halogens is 1. The van der Waals surface area contributed by atoms with Gasteiger partial charge in [-0.3, -0.25) is 4.79 Å². The molecular weight excluding hydrogens is 394 g/mol. The van der Waals surface area contributed by atoms with Crippen LogP contribution >= 0.6 is 11.6 Å². The summed E-state index contributed by atoms with van der Waals surface area (Å²) in [5.74, 6) is 0.730. The quantitative estimate of drug-likeness (QED) is 0.412. The van der Waals surface area contributed by atoms with E-state index in [0.29, 0.717) is 10.6 Å². The van der Waals surface area contributed by atoms with Crippen molar-refractivity contribution in [3.05, 3.63) is 101 Å². The first-order valence-corrected chi connectivity index (χ1v) is 10.5. The standard InChI is InChI=1S/C25H24ClN3O/c1-18(27-25(30)20-13-15-21(26)16-14-20)24-28-22-11-5-6-12-23(22)29(24)17-7-10-19-8-3-2-4-9-19/h2-6,8-9,11-16,18H,7,10,17H2,1H3,(H,27,30). The minimum Gasteiger partial charge on any atom is -0.342 e. The number of aromatic nitrogens is 2. The summed E-state index contributed by atoms with van der Waals surface area (Å²) in [5.41, 5.74) is 3.94. The van der Waals surface area contributed by atoms with Gasteiger partial charge in [0.25, 0.3) is 5.91 Å². The number of hydrogen-bond donors (Lipinski definition) is 1. The molecule has 0 fully saturated rings. The van der Waals surface area contributed by atoms with E-state index >= 15 is 0 Å². The van der Waals surface area contributed by atoms with Gasteiger partial charge >= 0.3 is 0 Å². The summed E-state index contributed by atoms with van der Waals surface area (Å²) in [6, 6.07) is 25.3. The Hall–Kier alpha value is -3.11. The van der Waals surface area contributed by atoms with E-state index in [4.69, 9.17) is 16.6 Å². The number of nitrogens with zero attached hydrogens (tertiary/aromatic N) is 2. The predicted molar refractivity (Wildman–Crippen MR) is 122 cm³/mol. The first kappa shape index (κ1) is 20.2. The highest BCUT2D eigenvalue weighted by atomic mass is 35.5. The van der Waals surface area contributed by atoms with Crippen LogP contribution in [0.1, 0.15) is 41.1 Å². The average molecular weight is 418 g/mol. The number of carbonyl (C=O) groups excluding carboxylic acids is 1. The number of amides is 1. The summed E-state index contributed by atoms with van der Waals surface area (Å²) < 4.78 is 2.23. The molecule has 0 aliphatic carbocycles. The number of carbonyl (C=O) groups is 1. The van der Waals surface area contributed by atoms with E-state index in [1.165, 1.54) is 5.56 Å². The fourth-order valence-corrected chi connectivity index (χ4v) is 3.82. The van der Waals surface area contributed by atoms with Gasteiger partial charge in [-0.25, -0.2) is 4.98 Å². The Bertz CT molecular complexity index is 1140. The van der Waals surface area contributed by atoms with E-state index in [1.807, 2.05) is 31.2 Å². The van der Waals surface area contributed by atoms with E-state index in [-0.39, 0.29) is 11.9 Å². The molecule has 4 aromatic rings. The van der Waals surface area contributed by atoms with Crippen LogP contribution in [-0.4, -0.2) is 15.5 Å². The lowest BCUT2D eigenvalue weighted by Gasteiger charge is -2.16. The van der Waals surface area contributed by atoms with Crippen molar-refractivity contribution in [2.75, 3.05) is 0 Å². The topological polar surface area (TPSA) is 46.9 Å². The molecule has 0 saturated heterocycles. The van der Waals surface area contributed by atoms with Crippen molar-refractivity contribution >= 4 is 28.5 Å². The summed E-state index contributed by atoms with van der Waals surface area (Å²) in [5, 5.41) is 3.69. The number of rotatable bonds is 7. The number of para-hydroxylation sites is 2. The fourth-order valence-electron chi connectivity index (χ4n) is 3.69. The van der Waals surface area contributed by atoms with Crippen molar-refractivity contribution in [3.8, 4) is 0 Å². The number of fused-ring (bicyclic) bond motifs is 1. The van der Waals surface area contributed by atoms with E-state index in [1.54, 1.807) is 24.3 Å². The normalized spacial score (nSPS) is 12.1. The van der Waals surface area contributed by atoms with Crippen molar-refractivity contribution in [2.24, 2.45) is 0 Å². The van der Waals surface area contributed by atoms with Crippen LogP contribution in [0.2, 0.25) is 5.02 Å². The minimum absolute atomic E-state index is 0.137. The van der Waals surface area contributed by atoms with Gasteiger partial charge < -0.3 is 9.88 Å². The Labute approximate surface area is 181 Å². The summed E-state index contributed by atoms with van der Waals surface area (Å²) in [6.07, 6.45) is 1.99. The summed E-state index contributed by atoms with van der Waals surface area (Å²) in [7, 11) is 0. The molecule has 1 aromatic heterocycles. The zero-order valence-corrected chi connectivity index (χ0v) is 17.6. The van der Waals surface area contributed by atoms with Crippen LogP contribution in [-0.2, 0) is 13.0 Å². The highest BCUT2D eigenvalue weighted by Crippen LogP contribution is 2.22. The second-order valence-electron chi connectivity index (χ2n) is 7.40. The first-order valence-electron chi connectivity index (χ1n) is 10.2. The third kappa shape index (κ3) is 4.55. The van der Waals surface area contributed by atoms with Crippen LogP contribution in [0.25, 0.3) is 11.0 Å². The van der Waals surface area contributed by atoms with Gasteiger partial charge in [0.15, 0.2) is 0 Å². The zero-order chi connectivity index (χ0) is 20.9. The molecule has 3 aromatic carbocycles. The minimum atomic E-state index is -0.225. The third-order valence-corrected chi connectivity index (χ3v) is 5.47. The molecule has 0 bridgehead atoms. The summed E-state index contributed by atoms with van der Waals surface area (Å²) in [6.45, 7) is 2.81. The Kier molecular flexibility index (Phi) is 6.15. The van der Waals surface area contributed by atoms with Gasteiger partial charge in [0.1, 0.15) is 5.82 Å². The van der Waals surface area contributed by atoms with Gasteiger partial charge in [0.05, 0.1) is 17.1 Å². The zero-order valence-electron chi connectivity index (χ0n) is 16.9. The molecular formula is C25H24ClN3O. The van der Waals surface area contributed by atoms with Crippen LogP contribution in [0.5, 0.6) is 0 Å². The van der Waals surface area contributed by atoms with E-state index in [0.717, 1.165) is 36.2 Å². The van der Waals surface area contributed by atoms with Crippen LogP contribution in [0, 0.1) is 0 Å². The molecule has 30 heavy (non-hydrogen) atoms. The Morgan fingerprint density at radius 3 is 2.47 bits per heavy atom. The monoisotopic (exact) mass is 417 g/mol. The van der Waals surface area contributed by atoms with E-state index in [2.05, 4.69) is 40.2 Å². The maximum Gasteiger partial charge on any atom is 0.251 e. The van der Waals surface area contributed by atoms with Gasteiger partial charge in [-0.2, -0.15) is 0 Å². The number of hydrogen-bond acceptors (Lipinski definition) is 2. The molecule has 1 amide bonds. The second kappa shape index (κ2) is 9.14. The highest BCUT2D eigenvalue weighted by molar-refractivity contribution is 6.30. The average Bonchev–Trinajstić information content (AvgIpc) is 3.14. The molecule has 0 radical (unpaired) electrons. The molecule has 0 aliphatic heterocycles. The van der Waals surface area contributed by atoms with E-state index < -0.39 is 0 Å². The lowest BCUT2D eigenvalue weighted by atomic mass is 10.1. The maximum absolute atomic E-state index is 12.7. The van der Waals surface area contributed by atoms with E-state index in [9.17, 15) is 4.79 Å². The smallest absolute Gasteiger partial charge is 0.251 e. The van der Waals surface area contributed by atoms with Crippen molar-refractivity contribution < 1.29 is 4.79 Å². The molecule has 5 heteroatoms. The first-order chi connectivity index (χ1) is 14.6. The van der Waals surface area contributed by atoms with Crippen molar-refractivity contribution in [1.82, 2.24) is 14.9 Å². The fraction of sp³-hybridized carbons (Fsp3) is 0.200. The maximum atomic E-state index is 12.7. The number of imidazole rings is 1. The molecule has 1 heterocycles. The lowest BCUT2D eigenvalue weighted by Crippen LogP contribution is -2.28. The lowest BCUT2D eigenvalue weighted by molar-refractivity contribution is 0.0937. The number of nitrogens with one attached hydrogen (secondary N) is 1. The largest absolute Gasteiger partial charge is 0.342 e. The summed E-state index contributed by atoms with van der Waals surface area (Å²) in [4.78, 5) is 17.5. The van der Waals surface area contributed by atoms with Crippen LogP contribution in [0.3, 0.4) is 0 Å². The Morgan fingerprint density at radius 1 is 1.00 bits per heavy atom. The molecule has 1 N–H and O–H groups in total. The molecule has 152 valence electrons. The molecule has 4 nitrogen and oxygen atoms in total. The van der Waals surface area contributed by atoms with Gasteiger partial charge in [-0.15, -0.1) is 0 Å². The molecule has 1 atom stereocenters. The molecule has 4 rings (SSSR count). The van der Waals surface area contributed by atoms with Crippen molar-refractivity contribution in [1.29, 1.82) is 0 Å². The third-order valence-electron chi connectivity index (χ3n) is 5.22. The SMILES string of the molecule is CC(NC(=O)c1ccc(Cl)cc1)c1nc2ccccc2n1CCCc1ccccc1. The number of benzene rings is 3. The highest BCUT2D eigenvalue weighted by Gasteiger charge is 2.19.